The normalized spacial score (nSPS) is 15.6. The summed E-state index contributed by atoms with van der Waals surface area (Å²) in [5.74, 6) is 6.01. The number of hydrogen-bond donors (Lipinski definition) is 2. The number of fused-ring (bicyclic) bond motifs is 1. The van der Waals surface area contributed by atoms with E-state index in [-0.39, 0.29) is 39.3 Å². The van der Waals surface area contributed by atoms with Crippen molar-refractivity contribution >= 4 is 34.1 Å². The van der Waals surface area contributed by atoms with Gasteiger partial charge in [-0.15, -0.1) is 10.2 Å². The first kappa shape index (κ1) is 28.9. The van der Waals surface area contributed by atoms with Gasteiger partial charge < -0.3 is 15.0 Å². The lowest BCUT2D eigenvalue weighted by Gasteiger charge is -2.33. The van der Waals surface area contributed by atoms with Crippen molar-refractivity contribution in [3.63, 3.8) is 0 Å². The third-order valence-corrected chi connectivity index (χ3v) is 7.31. The second kappa shape index (κ2) is 12.5. The van der Waals surface area contributed by atoms with E-state index in [9.17, 15) is 18.4 Å². The Kier molecular flexibility index (Phi) is 8.58. The minimum atomic E-state index is -2.85. The molecule has 2 amide bonds. The van der Waals surface area contributed by atoms with Gasteiger partial charge in [0.05, 0.1) is 25.5 Å². The van der Waals surface area contributed by atoms with Crippen LogP contribution in [0.2, 0.25) is 0 Å². The summed E-state index contributed by atoms with van der Waals surface area (Å²) in [6.07, 6.45) is 3.41. The highest BCUT2D eigenvalue weighted by molar-refractivity contribution is 7.15. The topological polar surface area (TPSA) is 125 Å². The van der Waals surface area contributed by atoms with Crippen LogP contribution in [0.1, 0.15) is 54.2 Å². The summed E-state index contributed by atoms with van der Waals surface area (Å²) in [7, 11) is 1.37. The van der Waals surface area contributed by atoms with E-state index in [4.69, 9.17) is 4.74 Å². The van der Waals surface area contributed by atoms with E-state index in [0.717, 1.165) is 24.2 Å². The number of halogens is 2. The first-order chi connectivity index (χ1) is 20.4. The van der Waals surface area contributed by atoms with Gasteiger partial charge in [-0.25, -0.2) is 13.8 Å². The highest BCUT2D eigenvalue weighted by atomic mass is 32.1. The van der Waals surface area contributed by atoms with E-state index in [0.29, 0.717) is 36.4 Å². The number of amides is 2. The SMILES string of the molecule is CC.COc1cnc(C(F)F)cc1-c1cc(N2CCN3CNC=C3C2=O)ncc1C(=O)Nc1nnc(C#CC2CC2)s1. The maximum atomic E-state index is 13.6. The Labute approximate surface area is 245 Å². The molecule has 5 heterocycles. The molecule has 2 aliphatic heterocycles. The van der Waals surface area contributed by atoms with Crippen molar-refractivity contribution in [2.75, 3.05) is 37.1 Å². The third kappa shape index (κ3) is 6.01. The van der Waals surface area contributed by atoms with Crippen LogP contribution >= 0.6 is 11.3 Å². The molecule has 3 aromatic heterocycles. The van der Waals surface area contributed by atoms with Gasteiger partial charge in [0.25, 0.3) is 18.2 Å². The Balaban J connectivity index is 0.00000173. The number of piperazine rings is 1. The van der Waals surface area contributed by atoms with Crippen LogP contribution in [0.15, 0.2) is 36.4 Å². The predicted molar refractivity (Wildman–Crippen MR) is 153 cm³/mol. The number of methoxy groups -OCH3 is 1. The van der Waals surface area contributed by atoms with Gasteiger partial charge in [0.1, 0.15) is 23.0 Å². The molecule has 0 radical (unpaired) electrons. The molecule has 1 aliphatic carbocycles. The van der Waals surface area contributed by atoms with Crippen LogP contribution < -0.4 is 20.3 Å². The fourth-order valence-corrected chi connectivity index (χ4v) is 4.93. The van der Waals surface area contributed by atoms with Crippen LogP contribution in [0.3, 0.4) is 0 Å². The standard InChI is InChI=1S/C26H22F2N8O3S.C2H6/c1-39-20-12-30-18(23(27)28)8-16(20)15-9-21(36-7-6-35-13-29-11-19(35)25(36)38)31-10-17(15)24(37)32-26-34-33-22(40-26)5-4-14-2-3-14;1-2/h8-12,14,23,29H,2-3,6-7,13H2,1H3,(H,32,34,37);1-2H3. The number of nitrogens with one attached hydrogen (secondary N) is 2. The lowest BCUT2D eigenvalue weighted by Crippen LogP contribution is -2.48. The largest absolute Gasteiger partial charge is 0.494 e. The summed E-state index contributed by atoms with van der Waals surface area (Å²) >= 11 is 1.12. The molecule has 0 atom stereocenters. The van der Waals surface area contributed by atoms with E-state index in [2.05, 4.69) is 42.6 Å². The molecule has 3 aromatic rings. The number of nitrogens with zero attached hydrogens (tertiary/aromatic N) is 6. The summed E-state index contributed by atoms with van der Waals surface area (Å²) in [6, 6.07) is 2.68. The van der Waals surface area contributed by atoms with Gasteiger partial charge in [-0.2, -0.15) is 0 Å². The van der Waals surface area contributed by atoms with Crippen LogP contribution in [0.25, 0.3) is 11.1 Å². The van der Waals surface area contributed by atoms with Crippen LogP contribution in [-0.2, 0) is 4.79 Å². The zero-order chi connectivity index (χ0) is 29.8. The molecule has 11 nitrogen and oxygen atoms in total. The van der Waals surface area contributed by atoms with E-state index in [1.165, 1.54) is 36.5 Å². The van der Waals surface area contributed by atoms with E-state index in [1.54, 1.807) is 6.20 Å². The molecule has 0 unspecified atom stereocenters. The van der Waals surface area contributed by atoms with Gasteiger partial charge in [0.15, 0.2) is 5.01 Å². The predicted octanol–water partition coefficient (Wildman–Crippen LogP) is 4.03. The summed E-state index contributed by atoms with van der Waals surface area (Å²) < 4.78 is 32.6. The van der Waals surface area contributed by atoms with Crippen LogP contribution in [0.5, 0.6) is 5.75 Å². The maximum absolute atomic E-state index is 13.6. The van der Waals surface area contributed by atoms with Crippen LogP contribution in [0, 0.1) is 17.8 Å². The Bertz CT molecular complexity index is 1600. The summed E-state index contributed by atoms with van der Waals surface area (Å²) in [4.78, 5) is 38.2. The molecule has 1 saturated carbocycles. The first-order valence-corrected chi connectivity index (χ1v) is 14.2. The zero-order valence-corrected chi connectivity index (χ0v) is 24.0. The fraction of sp³-hybridized carbons (Fsp3) is 0.357. The van der Waals surface area contributed by atoms with Crippen molar-refractivity contribution in [1.82, 2.24) is 30.4 Å². The van der Waals surface area contributed by atoms with Crippen molar-refractivity contribution in [3.05, 3.63) is 52.7 Å². The summed E-state index contributed by atoms with van der Waals surface area (Å²) in [6.45, 7) is 5.46. The second-order valence-corrected chi connectivity index (χ2v) is 10.2. The molecule has 0 aromatic carbocycles. The number of pyridine rings is 2. The molecule has 0 spiro atoms. The number of carbonyl (C=O) groups excluding carboxylic acids is 2. The van der Waals surface area contributed by atoms with Gasteiger partial charge in [-0.05, 0) is 30.9 Å². The number of alkyl halides is 2. The molecule has 2 fully saturated rings. The second-order valence-electron chi connectivity index (χ2n) is 9.22. The lowest BCUT2D eigenvalue weighted by molar-refractivity contribution is -0.117. The van der Waals surface area contributed by atoms with E-state index >= 15 is 0 Å². The van der Waals surface area contributed by atoms with Crippen molar-refractivity contribution in [2.45, 2.75) is 33.1 Å². The Hall–Kier alpha value is -4.64. The smallest absolute Gasteiger partial charge is 0.280 e. The number of carbonyl (C=O) groups is 2. The number of ether oxygens (including phenoxy) is 1. The first-order valence-electron chi connectivity index (χ1n) is 13.4. The fourth-order valence-electron chi connectivity index (χ4n) is 4.33. The number of rotatable bonds is 6. The number of anilines is 2. The Morgan fingerprint density at radius 1 is 1.17 bits per heavy atom. The van der Waals surface area contributed by atoms with Crippen molar-refractivity contribution < 1.29 is 23.1 Å². The average Bonchev–Trinajstić information content (AvgIpc) is 3.52. The molecular formula is C28H28F2N8O3S. The highest BCUT2D eigenvalue weighted by Gasteiger charge is 2.33. The van der Waals surface area contributed by atoms with Crippen LogP contribution in [-0.4, -0.2) is 63.7 Å². The summed E-state index contributed by atoms with van der Waals surface area (Å²) in [5, 5.41) is 14.4. The maximum Gasteiger partial charge on any atom is 0.280 e. The van der Waals surface area contributed by atoms with E-state index < -0.39 is 18.0 Å². The Morgan fingerprint density at radius 3 is 2.71 bits per heavy atom. The lowest BCUT2D eigenvalue weighted by atomic mass is 9.99. The van der Waals surface area contributed by atoms with Gasteiger partial charge >= 0.3 is 0 Å². The quantitative estimate of drug-likeness (QED) is 0.407. The van der Waals surface area contributed by atoms with Crippen molar-refractivity contribution in [3.8, 4) is 28.7 Å². The Morgan fingerprint density at radius 2 is 1.98 bits per heavy atom. The molecular weight excluding hydrogens is 566 g/mol. The molecule has 218 valence electrons. The minimum absolute atomic E-state index is 0.0575. The van der Waals surface area contributed by atoms with Crippen molar-refractivity contribution in [2.24, 2.45) is 5.92 Å². The molecule has 2 N–H and O–H groups in total. The molecule has 42 heavy (non-hydrogen) atoms. The molecule has 6 rings (SSSR count). The zero-order valence-electron chi connectivity index (χ0n) is 23.1. The minimum Gasteiger partial charge on any atom is -0.494 e. The number of aromatic nitrogens is 4. The third-order valence-electron chi connectivity index (χ3n) is 6.56. The van der Waals surface area contributed by atoms with Crippen molar-refractivity contribution in [1.29, 1.82) is 0 Å². The van der Waals surface area contributed by atoms with Gasteiger partial charge in [-0.3, -0.25) is 24.8 Å². The van der Waals surface area contributed by atoms with E-state index in [1.807, 2.05) is 18.7 Å². The van der Waals surface area contributed by atoms with Gasteiger partial charge in [0, 0.05) is 42.5 Å². The molecule has 14 heteroatoms. The van der Waals surface area contributed by atoms with Gasteiger partial charge in [-0.1, -0.05) is 31.1 Å². The molecule has 1 saturated heterocycles. The summed E-state index contributed by atoms with van der Waals surface area (Å²) in [5.41, 5.74) is 0.491. The molecule has 0 bridgehead atoms. The van der Waals surface area contributed by atoms with Gasteiger partial charge in [0.2, 0.25) is 5.13 Å². The monoisotopic (exact) mass is 594 g/mol. The molecule has 3 aliphatic rings. The average molecular weight is 595 g/mol. The number of hydrogen-bond acceptors (Lipinski definition) is 10. The highest BCUT2D eigenvalue weighted by Crippen LogP contribution is 2.37. The van der Waals surface area contributed by atoms with Crippen LogP contribution in [0.4, 0.5) is 19.7 Å².